The molecule has 1 N–H and O–H groups in total. The molecule has 0 aliphatic heterocycles. The number of nitrogens with one attached hydrogen (secondary N) is 1. The van der Waals surface area contributed by atoms with E-state index in [-0.39, 0.29) is 0 Å². The monoisotopic (exact) mass is 249 g/mol. The Labute approximate surface area is 114 Å². The van der Waals surface area contributed by atoms with Crippen LogP contribution in [0.4, 0.5) is 0 Å². The molecule has 0 saturated heterocycles. The third-order valence-corrected chi connectivity index (χ3v) is 3.78. The fraction of sp³-hybridized carbons (Fsp3) is 0.222. The highest BCUT2D eigenvalue weighted by Gasteiger charge is 2.16. The molecule has 1 heterocycles. The van der Waals surface area contributed by atoms with E-state index in [1.54, 1.807) is 0 Å². The van der Waals surface area contributed by atoms with Crippen molar-refractivity contribution in [2.75, 3.05) is 0 Å². The molecular weight excluding hydrogens is 230 g/mol. The SMILES string of the molecule is CCCC(c1ccccc1)c1c[nH]c2ccccc12. The highest BCUT2D eigenvalue weighted by molar-refractivity contribution is 5.84. The lowest BCUT2D eigenvalue weighted by molar-refractivity contribution is 0.702. The first-order chi connectivity index (χ1) is 9.40. The van der Waals surface area contributed by atoms with E-state index in [4.69, 9.17) is 0 Å². The van der Waals surface area contributed by atoms with Crippen molar-refractivity contribution in [3.05, 3.63) is 71.9 Å². The lowest BCUT2D eigenvalue weighted by Gasteiger charge is -2.16. The Hall–Kier alpha value is -2.02. The summed E-state index contributed by atoms with van der Waals surface area (Å²) in [7, 11) is 0. The zero-order valence-electron chi connectivity index (χ0n) is 11.3. The molecule has 19 heavy (non-hydrogen) atoms. The summed E-state index contributed by atoms with van der Waals surface area (Å²) < 4.78 is 0. The smallest absolute Gasteiger partial charge is 0.0457 e. The van der Waals surface area contributed by atoms with Gasteiger partial charge in [-0.1, -0.05) is 61.9 Å². The van der Waals surface area contributed by atoms with Gasteiger partial charge in [-0.3, -0.25) is 0 Å². The number of H-pyrrole nitrogens is 1. The number of rotatable bonds is 4. The van der Waals surface area contributed by atoms with E-state index in [1.807, 2.05) is 0 Å². The van der Waals surface area contributed by atoms with Gasteiger partial charge in [0.25, 0.3) is 0 Å². The Morgan fingerprint density at radius 2 is 1.68 bits per heavy atom. The summed E-state index contributed by atoms with van der Waals surface area (Å²) in [6, 6.07) is 19.4. The number of para-hydroxylation sites is 1. The van der Waals surface area contributed by atoms with Gasteiger partial charge in [0.2, 0.25) is 0 Å². The number of benzene rings is 2. The molecule has 3 rings (SSSR count). The molecule has 2 aromatic carbocycles. The van der Waals surface area contributed by atoms with E-state index in [9.17, 15) is 0 Å². The summed E-state index contributed by atoms with van der Waals surface area (Å²) >= 11 is 0. The van der Waals surface area contributed by atoms with Crippen molar-refractivity contribution in [2.45, 2.75) is 25.7 Å². The Bertz CT molecular complexity index is 652. The first kappa shape index (κ1) is 12.0. The van der Waals surface area contributed by atoms with Gasteiger partial charge in [-0.2, -0.15) is 0 Å². The Morgan fingerprint density at radius 1 is 0.947 bits per heavy atom. The quantitative estimate of drug-likeness (QED) is 0.662. The van der Waals surface area contributed by atoms with Gasteiger partial charge in [0.1, 0.15) is 0 Å². The van der Waals surface area contributed by atoms with Gasteiger partial charge in [-0.05, 0) is 23.6 Å². The minimum atomic E-state index is 0.488. The lowest BCUT2D eigenvalue weighted by Crippen LogP contribution is -1.99. The second-order valence-corrected chi connectivity index (χ2v) is 5.04. The summed E-state index contributed by atoms with van der Waals surface area (Å²) in [6.45, 7) is 2.25. The average molecular weight is 249 g/mol. The number of hydrogen-bond donors (Lipinski definition) is 1. The molecule has 0 fully saturated rings. The van der Waals surface area contributed by atoms with Crippen LogP contribution < -0.4 is 0 Å². The maximum Gasteiger partial charge on any atom is 0.0457 e. The van der Waals surface area contributed by atoms with Gasteiger partial charge in [0, 0.05) is 23.0 Å². The number of aromatic amines is 1. The Kier molecular flexibility index (Phi) is 3.37. The van der Waals surface area contributed by atoms with Crippen LogP contribution in [-0.2, 0) is 0 Å². The van der Waals surface area contributed by atoms with E-state index in [0.717, 1.165) is 0 Å². The second-order valence-electron chi connectivity index (χ2n) is 5.04. The molecule has 1 nitrogen and oxygen atoms in total. The topological polar surface area (TPSA) is 15.8 Å². The van der Waals surface area contributed by atoms with Crippen LogP contribution in [0.15, 0.2) is 60.8 Å². The van der Waals surface area contributed by atoms with Crippen LogP contribution in [0.25, 0.3) is 10.9 Å². The van der Waals surface area contributed by atoms with Crippen LogP contribution in [0.3, 0.4) is 0 Å². The standard InChI is InChI=1S/C18H19N/c1-2-8-15(14-9-4-3-5-10-14)17-13-19-18-12-7-6-11-16(17)18/h3-7,9-13,15,19H,2,8H2,1H3. The van der Waals surface area contributed by atoms with Gasteiger partial charge < -0.3 is 4.98 Å². The van der Waals surface area contributed by atoms with E-state index in [1.165, 1.54) is 34.9 Å². The number of fused-ring (bicyclic) bond motifs is 1. The van der Waals surface area contributed by atoms with Crippen molar-refractivity contribution in [2.24, 2.45) is 0 Å². The highest BCUT2D eigenvalue weighted by atomic mass is 14.7. The van der Waals surface area contributed by atoms with E-state index in [2.05, 4.69) is 72.7 Å². The number of aromatic nitrogens is 1. The van der Waals surface area contributed by atoms with E-state index in [0.29, 0.717) is 5.92 Å². The molecule has 3 aromatic rings. The zero-order valence-corrected chi connectivity index (χ0v) is 11.3. The molecule has 0 saturated carbocycles. The maximum atomic E-state index is 3.40. The van der Waals surface area contributed by atoms with Crippen LogP contribution in [0.5, 0.6) is 0 Å². The predicted octanol–water partition coefficient (Wildman–Crippen LogP) is 5.10. The summed E-state index contributed by atoms with van der Waals surface area (Å²) in [5, 5.41) is 1.35. The molecule has 0 bridgehead atoms. The maximum absolute atomic E-state index is 3.40. The zero-order chi connectivity index (χ0) is 13.1. The van der Waals surface area contributed by atoms with Crippen molar-refractivity contribution < 1.29 is 0 Å². The molecule has 1 atom stereocenters. The van der Waals surface area contributed by atoms with Crippen LogP contribution in [0.2, 0.25) is 0 Å². The van der Waals surface area contributed by atoms with Gasteiger partial charge in [0.05, 0.1) is 0 Å². The van der Waals surface area contributed by atoms with Crippen molar-refractivity contribution >= 4 is 10.9 Å². The molecule has 1 heteroatoms. The minimum Gasteiger partial charge on any atom is -0.361 e. The predicted molar refractivity (Wildman–Crippen MR) is 81.5 cm³/mol. The van der Waals surface area contributed by atoms with Gasteiger partial charge in [-0.25, -0.2) is 0 Å². The molecule has 96 valence electrons. The molecule has 0 radical (unpaired) electrons. The Morgan fingerprint density at radius 3 is 2.47 bits per heavy atom. The van der Waals surface area contributed by atoms with Crippen LogP contribution >= 0.6 is 0 Å². The Balaban J connectivity index is 2.10. The van der Waals surface area contributed by atoms with E-state index < -0.39 is 0 Å². The number of hydrogen-bond acceptors (Lipinski definition) is 0. The first-order valence-electron chi connectivity index (χ1n) is 7.01. The molecule has 0 aliphatic rings. The summed E-state index contributed by atoms with van der Waals surface area (Å²) in [5.74, 6) is 0.488. The molecule has 0 amide bonds. The molecule has 1 aromatic heterocycles. The molecule has 1 unspecified atom stereocenters. The van der Waals surface area contributed by atoms with Gasteiger partial charge in [-0.15, -0.1) is 0 Å². The molecule has 0 spiro atoms. The third-order valence-electron chi connectivity index (χ3n) is 3.78. The fourth-order valence-electron chi connectivity index (χ4n) is 2.86. The van der Waals surface area contributed by atoms with Crippen molar-refractivity contribution in [1.29, 1.82) is 0 Å². The first-order valence-corrected chi connectivity index (χ1v) is 7.01. The second kappa shape index (κ2) is 5.31. The van der Waals surface area contributed by atoms with Crippen molar-refractivity contribution in [3.8, 4) is 0 Å². The van der Waals surface area contributed by atoms with Crippen LogP contribution in [0.1, 0.15) is 36.8 Å². The third kappa shape index (κ3) is 2.28. The van der Waals surface area contributed by atoms with Gasteiger partial charge in [0.15, 0.2) is 0 Å². The van der Waals surface area contributed by atoms with Crippen molar-refractivity contribution in [1.82, 2.24) is 4.98 Å². The van der Waals surface area contributed by atoms with Crippen LogP contribution in [-0.4, -0.2) is 4.98 Å². The summed E-state index contributed by atoms with van der Waals surface area (Å²) in [5.41, 5.74) is 4.06. The fourth-order valence-corrected chi connectivity index (χ4v) is 2.86. The van der Waals surface area contributed by atoms with E-state index >= 15 is 0 Å². The van der Waals surface area contributed by atoms with Crippen LogP contribution in [0, 0.1) is 0 Å². The summed E-state index contributed by atoms with van der Waals surface area (Å²) in [4.78, 5) is 3.40. The van der Waals surface area contributed by atoms with Crippen molar-refractivity contribution in [3.63, 3.8) is 0 Å². The normalized spacial score (nSPS) is 12.7. The minimum absolute atomic E-state index is 0.488. The largest absolute Gasteiger partial charge is 0.361 e. The summed E-state index contributed by atoms with van der Waals surface area (Å²) in [6.07, 6.45) is 4.56. The van der Waals surface area contributed by atoms with Gasteiger partial charge >= 0.3 is 0 Å². The molecular formula is C18H19N. The highest BCUT2D eigenvalue weighted by Crippen LogP contribution is 2.33. The average Bonchev–Trinajstić information content (AvgIpc) is 2.89. The molecule has 0 aliphatic carbocycles. The lowest BCUT2D eigenvalue weighted by atomic mass is 9.87.